The third kappa shape index (κ3) is 2.33. The lowest BCUT2D eigenvalue weighted by Gasteiger charge is -2.13. The normalized spacial score (nSPS) is 12.5. The Kier molecular flexibility index (Phi) is 3.42. The third-order valence-corrected chi connectivity index (χ3v) is 2.52. The molecule has 0 aliphatic heterocycles. The van der Waals surface area contributed by atoms with E-state index in [-0.39, 0.29) is 12.1 Å². The van der Waals surface area contributed by atoms with E-state index in [9.17, 15) is 9.18 Å². The number of hydrogen-bond donors (Lipinski definition) is 2. The van der Waals surface area contributed by atoms with Crippen molar-refractivity contribution in [3.63, 3.8) is 0 Å². The summed E-state index contributed by atoms with van der Waals surface area (Å²) in [5.41, 5.74) is 7.15. The molecule has 1 unspecified atom stereocenters. The van der Waals surface area contributed by atoms with Gasteiger partial charge in [0.1, 0.15) is 5.82 Å². The van der Waals surface area contributed by atoms with Gasteiger partial charge in [0.05, 0.1) is 5.92 Å². The molecule has 0 amide bonds. The van der Waals surface area contributed by atoms with Crippen molar-refractivity contribution >= 4 is 5.97 Å². The minimum Gasteiger partial charge on any atom is -0.481 e. The van der Waals surface area contributed by atoms with Crippen molar-refractivity contribution in [2.45, 2.75) is 19.8 Å². The monoisotopic (exact) mass is 211 g/mol. The predicted molar refractivity (Wildman–Crippen MR) is 55.3 cm³/mol. The van der Waals surface area contributed by atoms with Gasteiger partial charge in [-0.3, -0.25) is 4.79 Å². The second-order valence-corrected chi connectivity index (χ2v) is 3.58. The molecule has 1 aromatic carbocycles. The maximum Gasteiger partial charge on any atom is 0.312 e. The van der Waals surface area contributed by atoms with Crippen LogP contribution >= 0.6 is 0 Å². The van der Waals surface area contributed by atoms with Crippen molar-refractivity contribution in [2.24, 2.45) is 5.73 Å². The van der Waals surface area contributed by atoms with E-state index in [4.69, 9.17) is 10.8 Å². The summed E-state index contributed by atoms with van der Waals surface area (Å²) in [6, 6.07) is 2.90. The van der Waals surface area contributed by atoms with Crippen LogP contribution in [0.1, 0.15) is 22.6 Å². The Bertz CT molecular complexity index is 390. The van der Waals surface area contributed by atoms with Crippen LogP contribution in [0.3, 0.4) is 0 Å². The molecule has 15 heavy (non-hydrogen) atoms. The number of carboxylic acid groups (broad SMARTS) is 1. The van der Waals surface area contributed by atoms with Crippen LogP contribution in [0.2, 0.25) is 0 Å². The molecule has 1 rings (SSSR count). The number of rotatable bonds is 3. The summed E-state index contributed by atoms with van der Waals surface area (Å²) < 4.78 is 13.5. The molecule has 0 saturated heterocycles. The standard InChI is InChI=1S/C11H14FNO2/c1-6-3-8(9(5-13)11(14)15)10(12)4-7(6)2/h3-4,9H,5,13H2,1-2H3,(H,14,15). The van der Waals surface area contributed by atoms with E-state index in [1.165, 1.54) is 6.07 Å². The van der Waals surface area contributed by atoms with Crippen molar-refractivity contribution in [1.29, 1.82) is 0 Å². The highest BCUT2D eigenvalue weighted by molar-refractivity contribution is 5.76. The number of halogens is 1. The molecular formula is C11H14FNO2. The summed E-state index contributed by atoms with van der Waals surface area (Å²) in [5, 5.41) is 8.86. The molecule has 0 bridgehead atoms. The van der Waals surface area contributed by atoms with E-state index in [0.717, 1.165) is 11.1 Å². The second-order valence-electron chi connectivity index (χ2n) is 3.58. The van der Waals surface area contributed by atoms with Crippen LogP contribution in [0.25, 0.3) is 0 Å². The number of aryl methyl sites for hydroxylation is 2. The van der Waals surface area contributed by atoms with Crippen molar-refractivity contribution in [1.82, 2.24) is 0 Å². The molecule has 1 aromatic rings. The summed E-state index contributed by atoms with van der Waals surface area (Å²) in [6.45, 7) is 3.49. The maximum absolute atomic E-state index is 13.5. The largest absolute Gasteiger partial charge is 0.481 e. The van der Waals surface area contributed by atoms with Crippen molar-refractivity contribution in [3.05, 3.63) is 34.6 Å². The predicted octanol–water partition coefficient (Wildman–Crippen LogP) is 1.57. The topological polar surface area (TPSA) is 63.3 Å². The Morgan fingerprint density at radius 2 is 2.00 bits per heavy atom. The molecule has 3 N–H and O–H groups in total. The molecule has 0 aliphatic rings. The molecule has 0 fully saturated rings. The average Bonchev–Trinajstić information content (AvgIpc) is 2.14. The van der Waals surface area contributed by atoms with E-state index in [0.29, 0.717) is 0 Å². The van der Waals surface area contributed by atoms with Gasteiger partial charge in [0.15, 0.2) is 0 Å². The summed E-state index contributed by atoms with van der Waals surface area (Å²) in [4.78, 5) is 10.8. The lowest BCUT2D eigenvalue weighted by molar-refractivity contribution is -0.138. The van der Waals surface area contributed by atoms with Gasteiger partial charge >= 0.3 is 5.97 Å². The molecular weight excluding hydrogens is 197 g/mol. The molecule has 0 radical (unpaired) electrons. The van der Waals surface area contributed by atoms with Gasteiger partial charge in [-0.1, -0.05) is 6.07 Å². The van der Waals surface area contributed by atoms with E-state index in [1.54, 1.807) is 13.0 Å². The molecule has 0 heterocycles. The lowest BCUT2D eigenvalue weighted by Crippen LogP contribution is -2.22. The molecule has 0 aliphatic carbocycles. The average molecular weight is 211 g/mol. The first-order chi connectivity index (χ1) is 6.97. The molecule has 3 nitrogen and oxygen atoms in total. The van der Waals surface area contributed by atoms with Crippen LogP contribution in [-0.4, -0.2) is 17.6 Å². The van der Waals surface area contributed by atoms with Gasteiger partial charge in [0.2, 0.25) is 0 Å². The van der Waals surface area contributed by atoms with Gasteiger partial charge in [0, 0.05) is 12.1 Å². The minimum atomic E-state index is -1.10. The fraction of sp³-hybridized carbons (Fsp3) is 0.364. The van der Waals surface area contributed by atoms with Crippen molar-refractivity contribution < 1.29 is 14.3 Å². The first-order valence-electron chi connectivity index (χ1n) is 4.67. The lowest BCUT2D eigenvalue weighted by atomic mass is 9.95. The van der Waals surface area contributed by atoms with Crippen LogP contribution < -0.4 is 5.73 Å². The summed E-state index contributed by atoms with van der Waals surface area (Å²) in [5.74, 6) is -2.57. The van der Waals surface area contributed by atoms with Gasteiger partial charge < -0.3 is 10.8 Å². The number of carboxylic acids is 1. The van der Waals surface area contributed by atoms with Crippen LogP contribution in [-0.2, 0) is 4.79 Å². The maximum atomic E-state index is 13.5. The first kappa shape index (κ1) is 11.7. The van der Waals surface area contributed by atoms with Gasteiger partial charge in [-0.2, -0.15) is 0 Å². The number of nitrogens with two attached hydrogens (primary N) is 1. The zero-order valence-electron chi connectivity index (χ0n) is 8.75. The second kappa shape index (κ2) is 4.40. The smallest absolute Gasteiger partial charge is 0.312 e. The first-order valence-corrected chi connectivity index (χ1v) is 4.67. The van der Waals surface area contributed by atoms with Gasteiger partial charge in [-0.15, -0.1) is 0 Å². The summed E-state index contributed by atoms with van der Waals surface area (Å²) >= 11 is 0. The third-order valence-electron chi connectivity index (χ3n) is 2.52. The Balaban J connectivity index is 3.24. The van der Waals surface area contributed by atoms with Gasteiger partial charge in [0.25, 0.3) is 0 Å². The summed E-state index contributed by atoms with van der Waals surface area (Å²) in [6.07, 6.45) is 0. The molecule has 4 heteroatoms. The quantitative estimate of drug-likeness (QED) is 0.797. The number of aliphatic carboxylic acids is 1. The fourth-order valence-electron chi connectivity index (χ4n) is 1.43. The van der Waals surface area contributed by atoms with Crippen LogP contribution in [0.4, 0.5) is 4.39 Å². The molecule has 1 atom stereocenters. The van der Waals surface area contributed by atoms with Crippen molar-refractivity contribution in [3.8, 4) is 0 Å². The minimum absolute atomic E-state index is 0.102. The molecule has 0 saturated carbocycles. The Hall–Kier alpha value is -1.42. The number of hydrogen-bond acceptors (Lipinski definition) is 2. The van der Waals surface area contributed by atoms with Crippen LogP contribution in [0.5, 0.6) is 0 Å². The van der Waals surface area contributed by atoms with Gasteiger partial charge in [-0.05, 0) is 31.0 Å². The highest BCUT2D eigenvalue weighted by Crippen LogP contribution is 2.22. The molecule has 0 aromatic heterocycles. The van der Waals surface area contributed by atoms with E-state index in [1.807, 2.05) is 6.92 Å². The SMILES string of the molecule is Cc1cc(F)c(C(CN)C(=O)O)cc1C. The highest BCUT2D eigenvalue weighted by atomic mass is 19.1. The summed E-state index contributed by atoms with van der Waals surface area (Å²) in [7, 11) is 0. The van der Waals surface area contributed by atoms with Crippen LogP contribution in [0, 0.1) is 19.7 Å². The molecule has 82 valence electrons. The zero-order chi connectivity index (χ0) is 11.6. The fourth-order valence-corrected chi connectivity index (χ4v) is 1.43. The Morgan fingerprint density at radius 3 is 2.47 bits per heavy atom. The van der Waals surface area contributed by atoms with E-state index < -0.39 is 17.7 Å². The number of carbonyl (C=O) groups is 1. The van der Waals surface area contributed by atoms with Crippen molar-refractivity contribution in [2.75, 3.05) is 6.54 Å². The Morgan fingerprint density at radius 1 is 1.47 bits per heavy atom. The highest BCUT2D eigenvalue weighted by Gasteiger charge is 2.22. The van der Waals surface area contributed by atoms with Gasteiger partial charge in [-0.25, -0.2) is 4.39 Å². The number of benzene rings is 1. The molecule has 0 spiro atoms. The van der Waals surface area contributed by atoms with Crippen LogP contribution in [0.15, 0.2) is 12.1 Å². The van der Waals surface area contributed by atoms with E-state index >= 15 is 0 Å². The Labute approximate surface area is 87.7 Å². The van der Waals surface area contributed by atoms with E-state index in [2.05, 4.69) is 0 Å². The zero-order valence-corrected chi connectivity index (χ0v) is 8.75.